The van der Waals surface area contributed by atoms with Crippen molar-refractivity contribution < 1.29 is 9.18 Å². The van der Waals surface area contributed by atoms with Gasteiger partial charge in [-0.3, -0.25) is 4.79 Å². The summed E-state index contributed by atoms with van der Waals surface area (Å²) in [5.41, 5.74) is 1.25. The fourth-order valence-electron chi connectivity index (χ4n) is 2.97. The fraction of sp³-hybridized carbons (Fsp3) is 0.533. The van der Waals surface area contributed by atoms with Gasteiger partial charge in [-0.25, -0.2) is 4.39 Å². The first kappa shape index (κ1) is 13.7. The van der Waals surface area contributed by atoms with Gasteiger partial charge in [0.1, 0.15) is 5.82 Å². The maximum absolute atomic E-state index is 14.3. The molecule has 3 nitrogen and oxygen atoms in total. The second kappa shape index (κ2) is 5.60. The van der Waals surface area contributed by atoms with Crippen molar-refractivity contribution in [1.29, 1.82) is 0 Å². The summed E-state index contributed by atoms with van der Waals surface area (Å²) < 4.78 is 14.3. The highest BCUT2D eigenvalue weighted by atomic mass is 35.5. The molecule has 1 aromatic carbocycles. The second-order valence-corrected chi connectivity index (χ2v) is 6.11. The lowest BCUT2D eigenvalue weighted by atomic mass is 10.1. The zero-order valence-electron chi connectivity index (χ0n) is 11.3. The highest BCUT2D eigenvalue weighted by molar-refractivity contribution is 6.24. The molecule has 1 aromatic rings. The Morgan fingerprint density at radius 2 is 1.95 bits per heavy atom. The summed E-state index contributed by atoms with van der Waals surface area (Å²) in [6, 6.07) is 5.06. The van der Waals surface area contributed by atoms with Crippen molar-refractivity contribution in [3.05, 3.63) is 24.0 Å². The molecule has 0 aromatic heterocycles. The molecule has 108 valence electrons. The van der Waals surface area contributed by atoms with E-state index in [-0.39, 0.29) is 17.1 Å². The van der Waals surface area contributed by atoms with E-state index >= 15 is 0 Å². The highest BCUT2D eigenvalue weighted by Gasteiger charge is 2.29. The number of nitrogens with zero attached hydrogens (tertiary/aromatic N) is 2. The number of alkyl halides is 1. The first-order valence-corrected chi connectivity index (χ1v) is 7.58. The van der Waals surface area contributed by atoms with E-state index in [4.69, 9.17) is 11.6 Å². The van der Waals surface area contributed by atoms with Crippen LogP contribution in [0.5, 0.6) is 0 Å². The lowest BCUT2D eigenvalue weighted by Crippen LogP contribution is -2.30. The van der Waals surface area contributed by atoms with Crippen LogP contribution in [-0.4, -0.2) is 30.9 Å². The van der Waals surface area contributed by atoms with Crippen LogP contribution in [-0.2, 0) is 4.79 Å². The summed E-state index contributed by atoms with van der Waals surface area (Å²) in [6.07, 6.45) is 3.77. The zero-order chi connectivity index (χ0) is 14.1. The Kier molecular flexibility index (Phi) is 3.83. The van der Waals surface area contributed by atoms with Gasteiger partial charge in [-0.2, -0.15) is 0 Å². The Balaban J connectivity index is 1.82. The van der Waals surface area contributed by atoms with Gasteiger partial charge in [0.15, 0.2) is 0 Å². The number of hydrogen-bond acceptors (Lipinski definition) is 2. The van der Waals surface area contributed by atoms with Crippen LogP contribution >= 0.6 is 11.6 Å². The summed E-state index contributed by atoms with van der Waals surface area (Å²) in [7, 11) is 0. The minimum Gasteiger partial charge on any atom is -0.369 e. The quantitative estimate of drug-likeness (QED) is 0.783. The van der Waals surface area contributed by atoms with Crippen molar-refractivity contribution in [2.24, 2.45) is 0 Å². The van der Waals surface area contributed by atoms with E-state index in [1.807, 2.05) is 6.07 Å². The monoisotopic (exact) mass is 296 g/mol. The maximum Gasteiger partial charge on any atom is 0.228 e. The van der Waals surface area contributed by atoms with Crippen LogP contribution in [0.4, 0.5) is 15.8 Å². The molecule has 2 fully saturated rings. The number of hydrogen-bond donors (Lipinski definition) is 0. The first-order chi connectivity index (χ1) is 9.65. The van der Waals surface area contributed by atoms with E-state index in [2.05, 4.69) is 4.90 Å². The van der Waals surface area contributed by atoms with Crippen LogP contribution < -0.4 is 9.80 Å². The van der Waals surface area contributed by atoms with Gasteiger partial charge in [0.25, 0.3) is 0 Å². The number of piperidine rings is 1. The Bertz CT molecular complexity index is 517. The van der Waals surface area contributed by atoms with Gasteiger partial charge in [-0.05, 0) is 37.5 Å². The van der Waals surface area contributed by atoms with Crippen LogP contribution in [0, 0.1) is 5.82 Å². The topological polar surface area (TPSA) is 23.6 Å². The third-order valence-electron chi connectivity index (χ3n) is 4.02. The summed E-state index contributed by atoms with van der Waals surface area (Å²) in [6.45, 7) is 2.27. The highest BCUT2D eigenvalue weighted by Crippen LogP contribution is 2.30. The van der Waals surface area contributed by atoms with E-state index in [1.165, 1.54) is 12.5 Å². The van der Waals surface area contributed by atoms with Gasteiger partial charge in [-0.15, -0.1) is 11.6 Å². The summed E-state index contributed by atoms with van der Waals surface area (Å²) in [5, 5.41) is -0.174. The maximum atomic E-state index is 14.3. The van der Waals surface area contributed by atoms with Crippen molar-refractivity contribution in [1.82, 2.24) is 0 Å². The molecule has 0 radical (unpaired) electrons. The molecule has 2 aliphatic rings. The van der Waals surface area contributed by atoms with Crippen LogP contribution in [0.1, 0.15) is 25.7 Å². The average molecular weight is 297 g/mol. The van der Waals surface area contributed by atoms with Crippen LogP contribution in [0.2, 0.25) is 0 Å². The number of carbonyl (C=O) groups is 1. The number of benzene rings is 1. The second-order valence-electron chi connectivity index (χ2n) is 5.49. The third-order valence-corrected chi connectivity index (χ3v) is 4.31. The van der Waals surface area contributed by atoms with Crippen molar-refractivity contribution in [3.63, 3.8) is 0 Å². The predicted molar refractivity (Wildman–Crippen MR) is 79.1 cm³/mol. The SMILES string of the molecule is O=C1CC(Cl)CN1c1ccc(N2CCCCC2)c(F)c1. The lowest BCUT2D eigenvalue weighted by molar-refractivity contribution is -0.117. The number of anilines is 2. The summed E-state index contributed by atoms with van der Waals surface area (Å²) in [4.78, 5) is 15.4. The molecule has 1 amide bonds. The van der Waals surface area contributed by atoms with Gasteiger partial charge in [0, 0.05) is 31.7 Å². The largest absolute Gasteiger partial charge is 0.369 e. The van der Waals surface area contributed by atoms with Crippen molar-refractivity contribution in [3.8, 4) is 0 Å². The summed E-state index contributed by atoms with van der Waals surface area (Å²) >= 11 is 5.98. The molecule has 0 saturated carbocycles. The van der Waals surface area contributed by atoms with Crippen LogP contribution in [0.25, 0.3) is 0 Å². The molecule has 5 heteroatoms. The van der Waals surface area contributed by atoms with Crippen molar-refractivity contribution >= 4 is 28.9 Å². The molecule has 2 aliphatic heterocycles. The van der Waals surface area contributed by atoms with Crippen LogP contribution in [0.15, 0.2) is 18.2 Å². The molecule has 2 heterocycles. The predicted octanol–water partition coefficient (Wildman–Crippen LogP) is 3.16. The molecule has 1 atom stereocenters. The molecular weight excluding hydrogens is 279 g/mol. The summed E-state index contributed by atoms with van der Waals surface area (Å²) in [5.74, 6) is -0.287. The van der Waals surface area contributed by atoms with E-state index < -0.39 is 0 Å². The van der Waals surface area contributed by atoms with E-state index in [1.54, 1.807) is 11.0 Å². The minimum absolute atomic E-state index is 0.0323. The Labute approximate surface area is 123 Å². The standard InChI is InChI=1S/C15H18ClFN2O/c16-11-8-15(20)19(10-11)12-4-5-14(13(17)9-12)18-6-2-1-3-7-18/h4-5,9,11H,1-3,6-8,10H2. The molecule has 0 aliphatic carbocycles. The molecule has 0 N–H and O–H groups in total. The van der Waals surface area contributed by atoms with Crippen molar-refractivity contribution in [2.75, 3.05) is 29.4 Å². The number of halogens is 2. The Morgan fingerprint density at radius 1 is 1.20 bits per heavy atom. The molecule has 2 saturated heterocycles. The van der Waals surface area contributed by atoms with Gasteiger partial charge >= 0.3 is 0 Å². The minimum atomic E-state index is -0.254. The lowest BCUT2D eigenvalue weighted by Gasteiger charge is -2.29. The van der Waals surface area contributed by atoms with Gasteiger partial charge in [0.2, 0.25) is 5.91 Å². The van der Waals surface area contributed by atoms with Crippen LogP contribution in [0.3, 0.4) is 0 Å². The fourth-order valence-corrected chi connectivity index (χ4v) is 3.24. The average Bonchev–Trinajstić information content (AvgIpc) is 2.78. The number of amides is 1. The smallest absolute Gasteiger partial charge is 0.228 e. The zero-order valence-corrected chi connectivity index (χ0v) is 12.1. The number of rotatable bonds is 2. The Morgan fingerprint density at radius 3 is 2.55 bits per heavy atom. The third kappa shape index (κ3) is 2.62. The Hall–Kier alpha value is -1.29. The molecule has 20 heavy (non-hydrogen) atoms. The van der Waals surface area contributed by atoms with Gasteiger partial charge < -0.3 is 9.80 Å². The molecule has 3 rings (SSSR count). The molecule has 1 unspecified atom stereocenters. The van der Waals surface area contributed by atoms with E-state index in [0.717, 1.165) is 25.9 Å². The van der Waals surface area contributed by atoms with E-state index in [0.29, 0.717) is 24.3 Å². The first-order valence-electron chi connectivity index (χ1n) is 7.14. The van der Waals surface area contributed by atoms with E-state index in [9.17, 15) is 9.18 Å². The molecular formula is C15H18ClFN2O. The van der Waals surface area contributed by atoms with Gasteiger partial charge in [-0.1, -0.05) is 0 Å². The molecule has 0 bridgehead atoms. The normalized spacial score (nSPS) is 23.5. The number of carbonyl (C=O) groups excluding carboxylic acids is 1. The van der Waals surface area contributed by atoms with Crippen molar-refractivity contribution in [2.45, 2.75) is 31.1 Å². The van der Waals surface area contributed by atoms with Gasteiger partial charge in [0.05, 0.1) is 11.1 Å². The molecule has 0 spiro atoms.